The maximum atomic E-state index is 12.0. The molecule has 2 N–H and O–H groups in total. The topological polar surface area (TPSA) is 52.6 Å². The van der Waals surface area contributed by atoms with E-state index < -0.39 is 0 Å². The standard InChI is InChI=1S/C11H20N2O2/c14-6-2-4-10-3-1-5-13(10)11(15)9-7-12-8-9/h9-10,12,14H,1-8H2. The third-order valence-electron chi connectivity index (χ3n) is 3.49. The second kappa shape index (κ2) is 4.94. The van der Waals surface area contributed by atoms with Crippen LogP contribution in [0.25, 0.3) is 0 Å². The SMILES string of the molecule is O=C(C1CNC1)N1CCCC1CCCO. The van der Waals surface area contributed by atoms with Gasteiger partial charge in [0.25, 0.3) is 0 Å². The Balaban J connectivity index is 1.85. The van der Waals surface area contributed by atoms with Crippen molar-refractivity contribution in [2.24, 2.45) is 5.92 Å². The third kappa shape index (κ3) is 2.32. The number of likely N-dealkylation sites (tertiary alicyclic amines) is 1. The van der Waals surface area contributed by atoms with Crippen LogP contribution in [-0.2, 0) is 4.79 Å². The summed E-state index contributed by atoms with van der Waals surface area (Å²) in [7, 11) is 0. The average molecular weight is 212 g/mol. The van der Waals surface area contributed by atoms with Gasteiger partial charge in [0, 0.05) is 32.3 Å². The van der Waals surface area contributed by atoms with Crippen LogP contribution in [0.15, 0.2) is 0 Å². The molecule has 0 spiro atoms. The van der Waals surface area contributed by atoms with E-state index in [9.17, 15) is 4.79 Å². The second-order valence-corrected chi connectivity index (χ2v) is 4.55. The fourth-order valence-corrected chi connectivity index (χ4v) is 2.45. The van der Waals surface area contributed by atoms with E-state index in [2.05, 4.69) is 5.32 Å². The first kappa shape index (κ1) is 10.9. The summed E-state index contributed by atoms with van der Waals surface area (Å²) in [5.41, 5.74) is 0. The van der Waals surface area contributed by atoms with Gasteiger partial charge in [-0.2, -0.15) is 0 Å². The van der Waals surface area contributed by atoms with Gasteiger partial charge in [-0.3, -0.25) is 4.79 Å². The van der Waals surface area contributed by atoms with Crippen molar-refractivity contribution in [1.29, 1.82) is 0 Å². The summed E-state index contributed by atoms with van der Waals surface area (Å²) in [6.45, 7) is 2.86. The van der Waals surface area contributed by atoms with Crippen molar-refractivity contribution in [3.63, 3.8) is 0 Å². The molecule has 4 nitrogen and oxygen atoms in total. The maximum absolute atomic E-state index is 12.0. The van der Waals surface area contributed by atoms with E-state index in [1.807, 2.05) is 4.90 Å². The lowest BCUT2D eigenvalue weighted by Crippen LogP contribution is -2.53. The van der Waals surface area contributed by atoms with Gasteiger partial charge in [-0.1, -0.05) is 0 Å². The highest BCUT2D eigenvalue weighted by Gasteiger charge is 2.34. The minimum Gasteiger partial charge on any atom is -0.396 e. The quantitative estimate of drug-likeness (QED) is 0.688. The number of rotatable bonds is 4. The van der Waals surface area contributed by atoms with Gasteiger partial charge in [-0.25, -0.2) is 0 Å². The lowest BCUT2D eigenvalue weighted by atomic mass is 10.0. The number of hydrogen-bond donors (Lipinski definition) is 2. The number of aliphatic hydroxyl groups excluding tert-OH is 1. The summed E-state index contributed by atoms with van der Waals surface area (Å²) >= 11 is 0. The van der Waals surface area contributed by atoms with Crippen LogP contribution in [0.3, 0.4) is 0 Å². The number of carbonyl (C=O) groups excluding carboxylic acids is 1. The molecule has 2 rings (SSSR count). The fraction of sp³-hybridized carbons (Fsp3) is 0.909. The second-order valence-electron chi connectivity index (χ2n) is 4.55. The molecule has 0 aromatic heterocycles. The van der Waals surface area contributed by atoms with Crippen LogP contribution in [0.1, 0.15) is 25.7 Å². The number of hydrogen-bond acceptors (Lipinski definition) is 3. The predicted molar refractivity (Wildman–Crippen MR) is 57.4 cm³/mol. The minimum absolute atomic E-state index is 0.222. The summed E-state index contributed by atoms with van der Waals surface area (Å²) in [4.78, 5) is 14.1. The zero-order chi connectivity index (χ0) is 10.7. The predicted octanol–water partition coefficient (Wildman–Crippen LogP) is -0.0307. The Morgan fingerprint density at radius 1 is 1.47 bits per heavy atom. The van der Waals surface area contributed by atoms with Crippen LogP contribution in [0.5, 0.6) is 0 Å². The summed E-state index contributed by atoms with van der Waals surface area (Å²) in [6.07, 6.45) is 4.02. The molecule has 1 atom stereocenters. The molecule has 15 heavy (non-hydrogen) atoms. The summed E-state index contributed by atoms with van der Waals surface area (Å²) < 4.78 is 0. The molecule has 86 valence electrons. The Morgan fingerprint density at radius 3 is 2.87 bits per heavy atom. The molecule has 0 aromatic rings. The Labute approximate surface area is 90.6 Å². The molecule has 0 saturated carbocycles. The van der Waals surface area contributed by atoms with Crippen molar-refractivity contribution in [2.45, 2.75) is 31.7 Å². The molecular weight excluding hydrogens is 192 g/mol. The third-order valence-corrected chi connectivity index (χ3v) is 3.49. The number of carbonyl (C=O) groups is 1. The number of aliphatic hydroxyl groups is 1. The Bertz CT molecular complexity index is 229. The van der Waals surface area contributed by atoms with E-state index in [1.54, 1.807) is 0 Å². The van der Waals surface area contributed by atoms with Crippen molar-refractivity contribution >= 4 is 5.91 Å². The molecule has 2 aliphatic heterocycles. The Morgan fingerprint density at radius 2 is 2.27 bits per heavy atom. The number of nitrogens with one attached hydrogen (secondary N) is 1. The molecule has 0 radical (unpaired) electrons. The molecule has 1 amide bonds. The number of amides is 1. The zero-order valence-electron chi connectivity index (χ0n) is 9.11. The Hall–Kier alpha value is -0.610. The normalized spacial score (nSPS) is 26.7. The first-order chi connectivity index (χ1) is 7.33. The molecule has 0 aromatic carbocycles. The molecule has 2 fully saturated rings. The summed E-state index contributed by atoms with van der Waals surface area (Å²) in [5, 5.41) is 11.9. The van der Waals surface area contributed by atoms with E-state index >= 15 is 0 Å². The molecule has 0 aliphatic carbocycles. The van der Waals surface area contributed by atoms with Crippen molar-refractivity contribution < 1.29 is 9.90 Å². The monoisotopic (exact) mass is 212 g/mol. The van der Waals surface area contributed by atoms with Crippen molar-refractivity contribution in [1.82, 2.24) is 10.2 Å². The van der Waals surface area contributed by atoms with Crippen LogP contribution >= 0.6 is 0 Å². The van der Waals surface area contributed by atoms with Gasteiger partial charge in [0.1, 0.15) is 0 Å². The van der Waals surface area contributed by atoms with E-state index in [1.165, 1.54) is 0 Å². The summed E-state index contributed by atoms with van der Waals surface area (Å²) in [6, 6.07) is 0.394. The van der Waals surface area contributed by atoms with Crippen LogP contribution in [-0.4, -0.2) is 48.2 Å². The van der Waals surface area contributed by atoms with Crippen molar-refractivity contribution in [3.05, 3.63) is 0 Å². The lowest BCUT2D eigenvalue weighted by Gasteiger charge is -2.33. The van der Waals surface area contributed by atoms with Crippen molar-refractivity contribution in [2.75, 3.05) is 26.2 Å². The van der Waals surface area contributed by atoms with E-state index in [0.29, 0.717) is 11.9 Å². The minimum atomic E-state index is 0.222. The number of nitrogens with zero attached hydrogens (tertiary/aromatic N) is 1. The fourth-order valence-electron chi connectivity index (χ4n) is 2.45. The highest BCUT2D eigenvalue weighted by Crippen LogP contribution is 2.24. The average Bonchev–Trinajstić information content (AvgIpc) is 2.59. The Kier molecular flexibility index (Phi) is 3.59. The van der Waals surface area contributed by atoms with Gasteiger partial charge in [0.05, 0.1) is 5.92 Å². The van der Waals surface area contributed by atoms with Crippen LogP contribution < -0.4 is 5.32 Å². The zero-order valence-corrected chi connectivity index (χ0v) is 9.11. The molecule has 1 unspecified atom stereocenters. The molecule has 2 heterocycles. The maximum Gasteiger partial charge on any atom is 0.228 e. The van der Waals surface area contributed by atoms with Gasteiger partial charge in [-0.15, -0.1) is 0 Å². The molecular formula is C11H20N2O2. The molecule has 2 aliphatic rings. The van der Waals surface area contributed by atoms with Crippen LogP contribution in [0.2, 0.25) is 0 Å². The highest BCUT2D eigenvalue weighted by atomic mass is 16.3. The lowest BCUT2D eigenvalue weighted by molar-refractivity contribution is -0.138. The smallest absolute Gasteiger partial charge is 0.228 e. The largest absolute Gasteiger partial charge is 0.396 e. The van der Waals surface area contributed by atoms with Gasteiger partial charge in [0.15, 0.2) is 0 Å². The molecule has 2 saturated heterocycles. The van der Waals surface area contributed by atoms with Crippen molar-refractivity contribution in [3.8, 4) is 0 Å². The molecule has 4 heteroatoms. The first-order valence-corrected chi connectivity index (χ1v) is 5.95. The highest BCUT2D eigenvalue weighted by molar-refractivity contribution is 5.80. The molecule has 0 bridgehead atoms. The first-order valence-electron chi connectivity index (χ1n) is 5.95. The van der Waals surface area contributed by atoms with E-state index in [0.717, 1.165) is 45.3 Å². The van der Waals surface area contributed by atoms with Gasteiger partial charge in [-0.05, 0) is 25.7 Å². The van der Waals surface area contributed by atoms with Gasteiger partial charge < -0.3 is 15.3 Å². The van der Waals surface area contributed by atoms with E-state index in [4.69, 9.17) is 5.11 Å². The van der Waals surface area contributed by atoms with Gasteiger partial charge >= 0.3 is 0 Å². The summed E-state index contributed by atoms with van der Waals surface area (Å²) in [5.74, 6) is 0.550. The van der Waals surface area contributed by atoms with Crippen LogP contribution in [0.4, 0.5) is 0 Å². The van der Waals surface area contributed by atoms with E-state index in [-0.39, 0.29) is 12.5 Å². The van der Waals surface area contributed by atoms with Gasteiger partial charge in [0.2, 0.25) is 5.91 Å². The van der Waals surface area contributed by atoms with Crippen LogP contribution in [0, 0.1) is 5.92 Å².